The molecule has 1 amide bonds. The van der Waals surface area contributed by atoms with Crippen molar-refractivity contribution >= 4 is 40.4 Å². The number of nitrogens with one attached hydrogen (secondary N) is 2. The van der Waals surface area contributed by atoms with Gasteiger partial charge >= 0.3 is 0 Å². The van der Waals surface area contributed by atoms with Gasteiger partial charge in [-0.1, -0.05) is 12.1 Å². The van der Waals surface area contributed by atoms with Gasteiger partial charge in [0.15, 0.2) is 5.82 Å². The van der Waals surface area contributed by atoms with E-state index < -0.39 is 0 Å². The average Bonchev–Trinajstić information content (AvgIpc) is 2.95. The van der Waals surface area contributed by atoms with Crippen molar-refractivity contribution in [1.82, 2.24) is 14.9 Å². The molecule has 1 saturated heterocycles. The number of ether oxygens (including phenoxy) is 1. The van der Waals surface area contributed by atoms with Gasteiger partial charge < -0.3 is 30.1 Å². The van der Waals surface area contributed by atoms with Crippen LogP contribution in [0.15, 0.2) is 42.5 Å². The molecule has 0 saturated carbocycles. The Hall–Kier alpha value is -3.85. The van der Waals surface area contributed by atoms with E-state index in [2.05, 4.69) is 38.5 Å². The lowest BCUT2D eigenvalue weighted by atomic mass is 10.1. The summed E-state index contributed by atoms with van der Waals surface area (Å²) < 4.78 is 5.69. The lowest BCUT2D eigenvalue weighted by Crippen LogP contribution is -2.44. The number of carbonyl (C=O) groups excluding carboxylic acids is 1. The van der Waals surface area contributed by atoms with Crippen LogP contribution in [0.1, 0.15) is 16.1 Å². The van der Waals surface area contributed by atoms with Gasteiger partial charge in [0.25, 0.3) is 5.91 Å². The third kappa shape index (κ3) is 3.99. The fourth-order valence-corrected chi connectivity index (χ4v) is 4.42. The zero-order valence-corrected chi connectivity index (χ0v) is 19.9. The van der Waals surface area contributed by atoms with Gasteiger partial charge in [0.1, 0.15) is 11.4 Å². The lowest BCUT2D eigenvalue weighted by molar-refractivity contribution is 0.102. The van der Waals surface area contributed by atoms with Crippen molar-refractivity contribution in [3.05, 3.63) is 53.7 Å². The maximum atomic E-state index is 12.8. The Morgan fingerprint density at radius 1 is 1.03 bits per heavy atom. The number of hydrogen-bond acceptors (Lipinski definition) is 8. The Morgan fingerprint density at radius 3 is 2.56 bits per heavy atom. The molecule has 1 fully saturated rings. The van der Waals surface area contributed by atoms with Gasteiger partial charge in [0.05, 0.1) is 29.7 Å². The molecular formula is C25H29N7O2. The summed E-state index contributed by atoms with van der Waals surface area (Å²) in [6.07, 6.45) is 0. The molecule has 3 heterocycles. The number of rotatable bonds is 4. The fraction of sp³-hybridized carbons (Fsp3) is 0.320. The number of amides is 1. The Bertz CT molecular complexity index is 1240. The summed E-state index contributed by atoms with van der Waals surface area (Å²) >= 11 is 0. The van der Waals surface area contributed by atoms with Crippen LogP contribution in [0, 0.1) is 6.92 Å². The first kappa shape index (κ1) is 22.0. The SMILES string of the molecule is COc1cc(N2CCN(C)CC2)ccc1Nc1nc(C)c2c(n1)N(C)c1ccccc1C(=O)N2. The van der Waals surface area contributed by atoms with E-state index in [1.807, 2.05) is 55.3 Å². The van der Waals surface area contributed by atoms with Crippen molar-refractivity contribution in [3.63, 3.8) is 0 Å². The molecule has 0 spiro atoms. The minimum absolute atomic E-state index is 0.172. The summed E-state index contributed by atoms with van der Waals surface area (Å²) in [7, 11) is 5.71. The van der Waals surface area contributed by atoms with Crippen molar-refractivity contribution in [2.24, 2.45) is 0 Å². The van der Waals surface area contributed by atoms with Crippen LogP contribution in [-0.4, -0.2) is 68.2 Å². The van der Waals surface area contributed by atoms with Crippen molar-refractivity contribution in [2.75, 3.05) is 67.8 Å². The highest BCUT2D eigenvalue weighted by Gasteiger charge is 2.26. The van der Waals surface area contributed by atoms with E-state index in [9.17, 15) is 4.79 Å². The highest BCUT2D eigenvalue weighted by atomic mass is 16.5. The summed E-state index contributed by atoms with van der Waals surface area (Å²) in [6, 6.07) is 13.6. The van der Waals surface area contributed by atoms with Gasteiger partial charge in [-0.25, -0.2) is 4.98 Å². The predicted molar refractivity (Wildman–Crippen MR) is 135 cm³/mol. The number of para-hydroxylation sites is 1. The molecule has 3 aromatic rings. The van der Waals surface area contributed by atoms with Crippen LogP contribution in [0.2, 0.25) is 0 Å². The second kappa shape index (κ2) is 8.83. The normalized spacial score (nSPS) is 15.8. The first-order valence-corrected chi connectivity index (χ1v) is 11.4. The molecule has 5 rings (SSSR count). The third-order valence-corrected chi connectivity index (χ3v) is 6.44. The maximum Gasteiger partial charge on any atom is 0.257 e. The summed E-state index contributed by atoms with van der Waals surface area (Å²) in [5, 5.41) is 6.29. The van der Waals surface area contributed by atoms with E-state index in [4.69, 9.17) is 9.72 Å². The summed E-state index contributed by atoms with van der Waals surface area (Å²) in [5.74, 6) is 1.61. The molecule has 0 bridgehead atoms. The highest BCUT2D eigenvalue weighted by Crippen LogP contribution is 2.38. The Morgan fingerprint density at radius 2 is 1.79 bits per heavy atom. The summed E-state index contributed by atoms with van der Waals surface area (Å²) in [4.78, 5) is 28.8. The van der Waals surface area contributed by atoms with Gasteiger partial charge in [-0.15, -0.1) is 0 Å². The fourth-order valence-electron chi connectivity index (χ4n) is 4.42. The van der Waals surface area contributed by atoms with Crippen LogP contribution in [0.4, 0.5) is 34.5 Å². The molecule has 9 heteroatoms. The molecule has 0 atom stereocenters. The van der Waals surface area contributed by atoms with E-state index in [0.29, 0.717) is 28.7 Å². The highest BCUT2D eigenvalue weighted by molar-refractivity contribution is 6.12. The Labute approximate surface area is 199 Å². The molecule has 2 aliphatic rings. The smallest absolute Gasteiger partial charge is 0.257 e. The van der Waals surface area contributed by atoms with E-state index in [0.717, 1.165) is 49.0 Å². The zero-order chi connectivity index (χ0) is 23.8. The van der Waals surface area contributed by atoms with E-state index in [1.54, 1.807) is 7.11 Å². The maximum absolute atomic E-state index is 12.8. The molecule has 9 nitrogen and oxygen atoms in total. The van der Waals surface area contributed by atoms with Crippen LogP contribution in [-0.2, 0) is 0 Å². The number of fused-ring (bicyclic) bond motifs is 2. The first-order valence-electron chi connectivity index (χ1n) is 11.4. The van der Waals surface area contributed by atoms with E-state index >= 15 is 0 Å². The number of hydrogen-bond donors (Lipinski definition) is 2. The minimum atomic E-state index is -0.172. The number of methoxy groups -OCH3 is 1. The number of carbonyl (C=O) groups is 1. The number of nitrogens with zero attached hydrogens (tertiary/aromatic N) is 5. The molecule has 2 N–H and O–H groups in total. The number of anilines is 6. The molecule has 34 heavy (non-hydrogen) atoms. The Kier molecular flexibility index (Phi) is 5.70. The van der Waals surface area contributed by atoms with Crippen LogP contribution < -0.4 is 25.2 Å². The van der Waals surface area contributed by atoms with Gasteiger partial charge in [-0.2, -0.15) is 4.98 Å². The topological polar surface area (TPSA) is 85.9 Å². The quantitative estimate of drug-likeness (QED) is 0.612. The molecular weight excluding hydrogens is 430 g/mol. The number of aryl methyl sites for hydroxylation is 1. The van der Waals surface area contributed by atoms with E-state index in [-0.39, 0.29) is 5.91 Å². The molecule has 2 aliphatic heterocycles. The van der Waals surface area contributed by atoms with Crippen molar-refractivity contribution in [3.8, 4) is 5.75 Å². The number of piperazine rings is 1. The molecule has 0 aliphatic carbocycles. The zero-order valence-electron chi connectivity index (χ0n) is 19.9. The monoisotopic (exact) mass is 459 g/mol. The Balaban J connectivity index is 1.46. The van der Waals surface area contributed by atoms with E-state index in [1.165, 1.54) is 0 Å². The lowest BCUT2D eigenvalue weighted by Gasteiger charge is -2.34. The van der Waals surface area contributed by atoms with Gasteiger partial charge in [-0.3, -0.25) is 4.79 Å². The van der Waals surface area contributed by atoms with Crippen molar-refractivity contribution < 1.29 is 9.53 Å². The average molecular weight is 460 g/mol. The van der Waals surface area contributed by atoms with Gasteiger partial charge in [0, 0.05) is 45.0 Å². The molecule has 2 aromatic carbocycles. The van der Waals surface area contributed by atoms with Gasteiger partial charge in [-0.05, 0) is 38.2 Å². The molecule has 1 aromatic heterocycles. The summed E-state index contributed by atoms with van der Waals surface area (Å²) in [6.45, 7) is 5.91. The van der Waals surface area contributed by atoms with Gasteiger partial charge in [0.2, 0.25) is 5.95 Å². The molecule has 176 valence electrons. The largest absolute Gasteiger partial charge is 0.494 e. The second-order valence-electron chi connectivity index (χ2n) is 8.66. The molecule has 0 radical (unpaired) electrons. The number of aromatic nitrogens is 2. The van der Waals surface area contributed by atoms with Crippen molar-refractivity contribution in [2.45, 2.75) is 6.92 Å². The van der Waals surface area contributed by atoms with Crippen LogP contribution in [0.25, 0.3) is 0 Å². The molecule has 0 unspecified atom stereocenters. The number of benzene rings is 2. The first-order chi connectivity index (χ1) is 16.4. The third-order valence-electron chi connectivity index (χ3n) is 6.44. The standard InChI is InChI=1S/C25H29N7O2/c1-16-22-23(31(3)20-8-6-5-7-18(20)24(33)28-22)29-25(26-16)27-19-10-9-17(15-21(19)34-4)32-13-11-30(2)12-14-32/h5-10,15H,11-14H2,1-4H3,(H,28,33)(H,26,27,29). The van der Waals surface area contributed by atoms with Crippen LogP contribution >= 0.6 is 0 Å². The van der Waals surface area contributed by atoms with Crippen LogP contribution in [0.3, 0.4) is 0 Å². The second-order valence-corrected chi connectivity index (χ2v) is 8.66. The van der Waals surface area contributed by atoms with Crippen LogP contribution in [0.5, 0.6) is 5.75 Å². The summed E-state index contributed by atoms with van der Waals surface area (Å²) in [5.41, 5.74) is 4.57. The minimum Gasteiger partial charge on any atom is -0.494 e. The number of likely N-dealkylation sites (N-methyl/N-ethyl adjacent to an activating group) is 1. The predicted octanol–water partition coefficient (Wildman–Crippen LogP) is 3.62. The van der Waals surface area contributed by atoms with Crippen molar-refractivity contribution in [1.29, 1.82) is 0 Å².